The van der Waals surface area contributed by atoms with Crippen molar-refractivity contribution >= 4 is 5.91 Å². The molecule has 1 saturated heterocycles. The molecule has 1 aliphatic heterocycles. The fourth-order valence-electron chi connectivity index (χ4n) is 3.37. The summed E-state index contributed by atoms with van der Waals surface area (Å²) < 4.78 is 19.5. The number of amides is 1. The van der Waals surface area contributed by atoms with Crippen LogP contribution < -0.4 is 0 Å². The zero-order valence-corrected chi connectivity index (χ0v) is 15.1. The third-order valence-corrected chi connectivity index (χ3v) is 4.94. The Labute approximate surface area is 156 Å². The number of nitrogens with zero attached hydrogens (tertiary/aromatic N) is 3. The molecule has 5 nitrogen and oxygen atoms in total. The number of rotatable bonds is 4. The highest BCUT2D eigenvalue weighted by Gasteiger charge is 2.28. The van der Waals surface area contributed by atoms with E-state index in [0.29, 0.717) is 42.4 Å². The fourth-order valence-corrected chi connectivity index (χ4v) is 3.37. The van der Waals surface area contributed by atoms with Crippen LogP contribution in [0.15, 0.2) is 52.9 Å². The molecule has 1 aromatic heterocycles. The largest absolute Gasteiger partial charge is 0.421 e. The summed E-state index contributed by atoms with van der Waals surface area (Å²) in [5.41, 5.74) is 1.82. The lowest BCUT2D eigenvalue weighted by Gasteiger charge is -2.16. The molecule has 1 unspecified atom stereocenters. The molecule has 0 aliphatic carbocycles. The molecule has 3 aromatic rings. The number of aryl methyl sites for hydroxylation is 1. The predicted octanol–water partition coefficient (Wildman–Crippen LogP) is 3.89. The van der Waals surface area contributed by atoms with Crippen LogP contribution in [-0.4, -0.2) is 34.1 Å². The predicted molar refractivity (Wildman–Crippen MR) is 98.6 cm³/mol. The average molecular weight is 365 g/mol. The smallest absolute Gasteiger partial charge is 0.253 e. The molecule has 2 aromatic carbocycles. The Morgan fingerprint density at radius 1 is 1.22 bits per heavy atom. The second kappa shape index (κ2) is 7.31. The van der Waals surface area contributed by atoms with E-state index in [1.165, 1.54) is 6.07 Å². The van der Waals surface area contributed by atoms with Gasteiger partial charge in [-0.3, -0.25) is 4.79 Å². The third kappa shape index (κ3) is 3.74. The van der Waals surface area contributed by atoms with Crippen molar-refractivity contribution in [2.45, 2.75) is 19.8 Å². The van der Waals surface area contributed by atoms with Gasteiger partial charge in [0, 0.05) is 30.6 Å². The average Bonchev–Trinajstić information content (AvgIpc) is 3.34. The van der Waals surface area contributed by atoms with Gasteiger partial charge in [0.2, 0.25) is 11.8 Å². The molecule has 0 saturated carbocycles. The highest BCUT2D eigenvalue weighted by atomic mass is 19.1. The second-order valence-electron chi connectivity index (χ2n) is 6.94. The first-order chi connectivity index (χ1) is 13.1. The molecule has 1 fully saturated rings. The number of aromatic nitrogens is 2. The monoisotopic (exact) mass is 365 g/mol. The number of hydrogen-bond donors (Lipinski definition) is 0. The van der Waals surface area contributed by atoms with Crippen LogP contribution in [-0.2, 0) is 6.42 Å². The van der Waals surface area contributed by atoms with Gasteiger partial charge in [0.25, 0.3) is 5.91 Å². The molecule has 1 aliphatic rings. The Hall–Kier alpha value is -3.02. The minimum absolute atomic E-state index is 0.132. The van der Waals surface area contributed by atoms with Crippen molar-refractivity contribution < 1.29 is 13.6 Å². The Morgan fingerprint density at radius 2 is 2.04 bits per heavy atom. The van der Waals surface area contributed by atoms with Gasteiger partial charge in [-0.25, -0.2) is 4.39 Å². The molecule has 1 amide bonds. The Balaban J connectivity index is 1.39. The zero-order valence-electron chi connectivity index (χ0n) is 15.1. The SMILES string of the molecule is Cc1ccc(C(=O)N2CCC(Cc3nnc(-c4ccccc4)o3)C2)cc1F. The molecule has 0 N–H and O–H groups in total. The van der Waals surface area contributed by atoms with Gasteiger partial charge in [-0.1, -0.05) is 24.3 Å². The summed E-state index contributed by atoms with van der Waals surface area (Å²) in [5, 5.41) is 8.24. The van der Waals surface area contributed by atoms with E-state index in [1.807, 2.05) is 30.3 Å². The Bertz CT molecular complexity index is 955. The van der Waals surface area contributed by atoms with Crippen molar-refractivity contribution in [3.63, 3.8) is 0 Å². The number of carbonyl (C=O) groups excluding carboxylic acids is 1. The van der Waals surface area contributed by atoms with E-state index < -0.39 is 0 Å². The van der Waals surface area contributed by atoms with E-state index in [4.69, 9.17) is 4.42 Å². The summed E-state index contributed by atoms with van der Waals surface area (Å²) in [4.78, 5) is 14.4. The molecule has 27 heavy (non-hydrogen) atoms. The van der Waals surface area contributed by atoms with Crippen LogP contribution in [0.1, 0.15) is 28.2 Å². The maximum absolute atomic E-state index is 13.7. The second-order valence-corrected chi connectivity index (χ2v) is 6.94. The summed E-state index contributed by atoms with van der Waals surface area (Å²) in [6, 6.07) is 14.3. The van der Waals surface area contributed by atoms with Gasteiger partial charge in [0.05, 0.1) is 0 Å². The van der Waals surface area contributed by atoms with Crippen LogP contribution in [0.3, 0.4) is 0 Å². The van der Waals surface area contributed by atoms with Crippen molar-refractivity contribution in [3.05, 3.63) is 71.4 Å². The van der Waals surface area contributed by atoms with Crippen molar-refractivity contribution in [1.82, 2.24) is 15.1 Å². The molecule has 6 heteroatoms. The number of likely N-dealkylation sites (tertiary alicyclic amines) is 1. The number of halogens is 1. The minimum atomic E-state index is -0.351. The van der Waals surface area contributed by atoms with Gasteiger partial charge in [-0.15, -0.1) is 10.2 Å². The fraction of sp³-hybridized carbons (Fsp3) is 0.286. The minimum Gasteiger partial charge on any atom is -0.421 e. The van der Waals surface area contributed by atoms with Gasteiger partial charge >= 0.3 is 0 Å². The van der Waals surface area contributed by atoms with Crippen molar-refractivity contribution in [3.8, 4) is 11.5 Å². The zero-order chi connectivity index (χ0) is 18.8. The Morgan fingerprint density at radius 3 is 2.81 bits per heavy atom. The summed E-state index contributed by atoms with van der Waals surface area (Å²) in [6.07, 6.45) is 1.50. The molecule has 138 valence electrons. The van der Waals surface area contributed by atoms with E-state index in [2.05, 4.69) is 10.2 Å². The van der Waals surface area contributed by atoms with Crippen molar-refractivity contribution in [2.24, 2.45) is 5.92 Å². The van der Waals surface area contributed by atoms with Gasteiger partial charge in [-0.05, 0) is 49.1 Å². The van der Waals surface area contributed by atoms with Gasteiger partial charge in [0.1, 0.15) is 5.82 Å². The first kappa shape index (κ1) is 17.4. The first-order valence-electron chi connectivity index (χ1n) is 9.03. The number of carbonyl (C=O) groups is 1. The molecular formula is C21H20FN3O2. The maximum atomic E-state index is 13.7. The topological polar surface area (TPSA) is 59.2 Å². The van der Waals surface area contributed by atoms with Crippen LogP contribution >= 0.6 is 0 Å². The molecule has 1 atom stereocenters. The number of benzene rings is 2. The highest BCUT2D eigenvalue weighted by molar-refractivity contribution is 5.94. The summed E-state index contributed by atoms with van der Waals surface area (Å²) >= 11 is 0. The first-order valence-corrected chi connectivity index (χ1v) is 9.03. The van der Waals surface area contributed by atoms with Crippen LogP contribution in [0, 0.1) is 18.7 Å². The van der Waals surface area contributed by atoms with Crippen molar-refractivity contribution in [1.29, 1.82) is 0 Å². The molecule has 0 radical (unpaired) electrons. The molecule has 2 heterocycles. The van der Waals surface area contributed by atoms with Crippen molar-refractivity contribution in [2.75, 3.05) is 13.1 Å². The van der Waals surface area contributed by atoms with Gasteiger partial charge in [0.15, 0.2) is 0 Å². The summed E-state index contributed by atoms with van der Waals surface area (Å²) in [7, 11) is 0. The molecule has 4 rings (SSSR count). The van der Waals surface area contributed by atoms with E-state index >= 15 is 0 Å². The summed E-state index contributed by atoms with van der Waals surface area (Å²) in [5.74, 6) is 0.859. The molecule has 0 spiro atoms. The molecule has 0 bridgehead atoms. The normalized spacial score (nSPS) is 16.7. The molecular weight excluding hydrogens is 345 g/mol. The van der Waals surface area contributed by atoms with Crippen LogP contribution in [0.2, 0.25) is 0 Å². The lowest BCUT2D eigenvalue weighted by molar-refractivity contribution is 0.0786. The van der Waals surface area contributed by atoms with E-state index in [1.54, 1.807) is 24.0 Å². The van der Waals surface area contributed by atoms with E-state index in [9.17, 15) is 9.18 Å². The standard InChI is InChI=1S/C21H20FN3O2/c1-14-7-8-17(12-18(14)22)21(26)25-10-9-15(13-25)11-19-23-24-20(27-19)16-5-3-2-4-6-16/h2-8,12,15H,9-11,13H2,1H3. The maximum Gasteiger partial charge on any atom is 0.253 e. The van der Waals surface area contributed by atoms with Crippen LogP contribution in [0.25, 0.3) is 11.5 Å². The summed E-state index contributed by atoms with van der Waals surface area (Å²) in [6.45, 7) is 2.94. The lowest BCUT2D eigenvalue weighted by atomic mass is 10.1. The van der Waals surface area contributed by atoms with E-state index in [-0.39, 0.29) is 17.6 Å². The van der Waals surface area contributed by atoms with Crippen LogP contribution in [0.4, 0.5) is 4.39 Å². The quantitative estimate of drug-likeness (QED) is 0.704. The number of hydrogen-bond acceptors (Lipinski definition) is 4. The third-order valence-electron chi connectivity index (χ3n) is 4.94. The lowest BCUT2D eigenvalue weighted by Crippen LogP contribution is -2.29. The Kier molecular flexibility index (Phi) is 4.71. The highest BCUT2D eigenvalue weighted by Crippen LogP contribution is 2.24. The van der Waals surface area contributed by atoms with E-state index in [0.717, 1.165) is 12.0 Å². The van der Waals surface area contributed by atoms with Gasteiger partial charge < -0.3 is 9.32 Å². The van der Waals surface area contributed by atoms with Crippen LogP contribution in [0.5, 0.6) is 0 Å². The van der Waals surface area contributed by atoms with Gasteiger partial charge in [-0.2, -0.15) is 0 Å².